The molecule has 0 aliphatic heterocycles. The van der Waals surface area contributed by atoms with E-state index in [1.807, 2.05) is 0 Å². The van der Waals surface area contributed by atoms with Gasteiger partial charge >= 0.3 is 0 Å². The van der Waals surface area contributed by atoms with E-state index in [-0.39, 0.29) is 0 Å². The highest BCUT2D eigenvalue weighted by Crippen LogP contribution is 2.27. The highest BCUT2D eigenvalue weighted by atomic mass is 32.3. The van der Waals surface area contributed by atoms with Crippen LogP contribution in [-0.2, 0) is 19.7 Å². The molecule has 0 spiro atoms. The van der Waals surface area contributed by atoms with E-state index in [2.05, 4.69) is 0 Å². The monoisotopic (exact) mass is 524 g/mol. The third-order valence-corrected chi connectivity index (χ3v) is 11.4. The van der Waals surface area contributed by atoms with Crippen LogP contribution in [0, 0.1) is 0 Å². The first-order valence-electron chi connectivity index (χ1n) is 9.23. The predicted molar refractivity (Wildman–Crippen MR) is 129 cm³/mol. The summed E-state index contributed by atoms with van der Waals surface area (Å²) in [6, 6.07) is 11.8. The number of rotatable bonds is 6. The van der Waals surface area contributed by atoms with Crippen LogP contribution in [0.4, 0.5) is 0 Å². The molecule has 0 atom stereocenters. The molecule has 0 N–H and O–H groups in total. The van der Waals surface area contributed by atoms with E-state index < -0.39 is 44.0 Å². The number of hydrogen-bond donors (Lipinski definition) is 0. The molecule has 2 aromatic heterocycles. The summed E-state index contributed by atoms with van der Waals surface area (Å²) >= 11 is 1.35. The van der Waals surface area contributed by atoms with Crippen molar-refractivity contribution in [3.05, 3.63) is 67.6 Å². The topological polar surface area (TPSA) is 121 Å². The molecule has 0 saturated heterocycles. The summed E-state index contributed by atoms with van der Waals surface area (Å²) in [5, 5.41) is -0.502. The van der Waals surface area contributed by atoms with Crippen LogP contribution in [-0.4, -0.2) is 36.1 Å². The number of ether oxygens (including phenoxy) is 2. The first-order chi connectivity index (χ1) is 15.5. The van der Waals surface area contributed by atoms with Gasteiger partial charge in [-0.1, -0.05) is 22.7 Å². The second-order valence-electron chi connectivity index (χ2n) is 6.95. The van der Waals surface area contributed by atoms with Crippen molar-refractivity contribution in [2.45, 2.75) is 9.79 Å². The maximum atomic E-state index is 13.0. The molecule has 12 heteroatoms. The molecule has 0 fully saturated rings. The van der Waals surface area contributed by atoms with Crippen molar-refractivity contribution in [3.63, 3.8) is 0 Å². The minimum Gasteiger partial charge on any atom is -0.497 e. The average Bonchev–Trinajstić information content (AvgIpc) is 2.76. The zero-order valence-corrected chi connectivity index (χ0v) is 20.5. The molecule has 8 nitrogen and oxygen atoms in total. The molecule has 172 valence electrons. The summed E-state index contributed by atoms with van der Waals surface area (Å²) in [6.45, 7) is 0. The molecule has 33 heavy (non-hydrogen) atoms. The Kier molecular flexibility index (Phi) is 6.03. The van der Waals surface area contributed by atoms with Crippen LogP contribution >= 0.6 is 22.7 Å². The molecule has 4 rings (SSSR count). The molecule has 4 aromatic rings. The fourth-order valence-electron chi connectivity index (χ4n) is 3.16. The summed E-state index contributed by atoms with van der Waals surface area (Å²) in [5.41, 5.74) is 0. The smallest absolute Gasteiger partial charge is 0.251 e. The third-order valence-electron chi connectivity index (χ3n) is 4.80. The molecule has 0 amide bonds. The molecular weight excluding hydrogens is 508 g/mol. The Hall–Kier alpha value is -2.80. The average molecular weight is 525 g/mol. The molecule has 0 radical (unpaired) electrons. The van der Waals surface area contributed by atoms with Crippen molar-refractivity contribution in [2.24, 2.45) is 0 Å². The highest BCUT2D eigenvalue weighted by molar-refractivity contribution is 8.08. The van der Waals surface area contributed by atoms with Gasteiger partial charge in [-0.25, -0.2) is 16.8 Å². The van der Waals surface area contributed by atoms with E-state index in [0.717, 1.165) is 12.1 Å². The number of hydrogen-bond acceptors (Lipinski definition) is 10. The maximum absolute atomic E-state index is 13.0. The van der Waals surface area contributed by atoms with Crippen LogP contribution < -0.4 is 19.0 Å². The van der Waals surface area contributed by atoms with Crippen molar-refractivity contribution in [1.82, 2.24) is 0 Å². The van der Waals surface area contributed by atoms with Gasteiger partial charge in [-0.3, -0.25) is 9.59 Å². The Labute approximate surface area is 196 Å². The Morgan fingerprint density at radius 3 is 1.42 bits per heavy atom. The van der Waals surface area contributed by atoms with Crippen LogP contribution in [0.3, 0.4) is 0 Å². The predicted octanol–water partition coefficient (Wildman–Crippen LogP) is 3.06. The Morgan fingerprint density at radius 1 is 0.667 bits per heavy atom. The maximum Gasteiger partial charge on any atom is 0.251 e. The van der Waals surface area contributed by atoms with E-state index in [0.29, 0.717) is 54.3 Å². The van der Waals surface area contributed by atoms with Crippen molar-refractivity contribution < 1.29 is 26.3 Å². The second-order valence-corrected chi connectivity index (χ2v) is 13.3. The van der Waals surface area contributed by atoms with Crippen molar-refractivity contribution in [2.75, 3.05) is 19.3 Å². The molecule has 2 aromatic carbocycles. The summed E-state index contributed by atoms with van der Waals surface area (Å²) < 4.78 is 61.4. The van der Waals surface area contributed by atoms with Crippen molar-refractivity contribution in [1.29, 1.82) is 0 Å². The quantitative estimate of drug-likeness (QED) is 0.377. The van der Waals surface area contributed by atoms with E-state index in [1.54, 1.807) is 36.4 Å². The number of sulfone groups is 2. The number of fused-ring (bicyclic) bond motifs is 2. The Morgan fingerprint density at radius 2 is 1.06 bits per heavy atom. The largest absolute Gasteiger partial charge is 0.497 e. The minimum absolute atomic E-state index is 0.447. The van der Waals surface area contributed by atoms with Gasteiger partial charge in [0.2, 0.25) is 0 Å². The molecular formula is C21H16O8S4. The van der Waals surface area contributed by atoms with Gasteiger partial charge in [-0.05, 0) is 59.3 Å². The van der Waals surface area contributed by atoms with Crippen LogP contribution in [0.25, 0.3) is 20.2 Å². The van der Waals surface area contributed by atoms with E-state index >= 15 is 0 Å². The normalized spacial score (nSPS) is 12.2. The van der Waals surface area contributed by atoms with Gasteiger partial charge in [-0.2, -0.15) is 0 Å². The molecule has 0 saturated carbocycles. The highest BCUT2D eigenvalue weighted by Gasteiger charge is 2.30. The van der Waals surface area contributed by atoms with Gasteiger partial charge in [0.15, 0.2) is 24.8 Å². The lowest BCUT2D eigenvalue weighted by Gasteiger charge is -2.08. The van der Waals surface area contributed by atoms with Gasteiger partial charge in [0.1, 0.15) is 21.3 Å². The minimum atomic E-state index is -4.56. The lowest BCUT2D eigenvalue weighted by molar-refractivity contribution is 0.415. The standard InChI is InChI=1S/C21H16O8S4/c1-28-14-5-3-12-7-18(20(22)30-16(12)9-14)32(24,25)11-33(26,27)19-8-13-4-6-15(29-2)10-17(13)31-21(19)23/h3-10H,11H2,1-2H3. The fourth-order valence-corrected chi connectivity index (χ4v) is 9.50. The van der Waals surface area contributed by atoms with Gasteiger partial charge in [0.05, 0.1) is 14.2 Å². The summed E-state index contributed by atoms with van der Waals surface area (Å²) in [6.07, 6.45) is 0. The van der Waals surface area contributed by atoms with Crippen molar-refractivity contribution >= 4 is 62.5 Å². The molecule has 0 aliphatic rings. The van der Waals surface area contributed by atoms with Crippen LogP contribution in [0.5, 0.6) is 11.5 Å². The molecule has 0 bridgehead atoms. The zero-order valence-electron chi connectivity index (χ0n) is 17.2. The lowest BCUT2D eigenvalue weighted by Crippen LogP contribution is -2.24. The summed E-state index contributed by atoms with van der Waals surface area (Å²) in [5.74, 6) is 0.990. The molecule has 2 heterocycles. The van der Waals surface area contributed by atoms with E-state index in [1.165, 1.54) is 14.2 Å². The second kappa shape index (κ2) is 8.52. The van der Waals surface area contributed by atoms with Gasteiger partial charge in [0, 0.05) is 9.40 Å². The third kappa shape index (κ3) is 4.51. The molecule has 0 aliphatic carbocycles. The Balaban J connectivity index is 1.77. The SMILES string of the molecule is COc1ccc2cc(S(=O)(=O)CS(=O)(=O)c3cc4ccc(OC)cc4sc3=O)c(=O)sc2c1. The summed E-state index contributed by atoms with van der Waals surface area (Å²) in [7, 11) is -6.20. The van der Waals surface area contributed by atoms with Crippen LogP contribution in [0.1, 0.15) is 0 Å². The molecule has 0 unspecified atom stereocenters. The van der Waals surface area contributed by atoms with E-state index in [9.17, 15) is 26.4 Å². The van der Waals surface area contributed by atoms with Crippen LogP contribution in [0.2, 0.25) is 0 Å². The van der Waals surface area contributed by atoms with Gasteiger partial charge in [0.25, 0.3) is 9.48 Å². The zero-order chi connectivity index (χ0) is 24.0. The fraction of sp³-hybridized carbons (Fsp3) is 0.143. The van der Waals surface area contributed by atoms with Crippen molar-refractivity contribution in [3.8, 4) is 11.5 Å². The summed E-state index contributed by atoms with van der Waals surface area (Å²) in [4.78, 5) is 23.8. The number of benzene rings is 2. The lowest BCUT2D eigenvalue weighted by atomic mass is 10.2. The van der Waals surface area contributed by atoms with E-state index in [4.69, 9.17) is 9.47 Å². The number of methoxy groups -OCH3 is 2. The Bertz CT molecular complexity index is 1600. The first kappa shape index (κ1) is 23.4. The van der Waals surface area contributed by atoms with Gasteiger partial charge < -0.3 is 9.47 Å². The van der Waals surface area contributed by atoms with Crippen LogP contribution in [0.15, 0.2) is 67.9 Å². The van der Waals surface area contributed by atoms with Gasteiger partial charge in [-0.15, -0.1) is 0 Å². The first-order valence-corrected chi connectivity index (χ1v) is 14.2.